The fourth-order valence-electron chi connectivity index (χ4n) is 9.50. The molecule has 2 saturated heterocycles. The Hall–Kier alpha value is -7.11. The van der Waals surface area contributed by atoms with Crippen molar-refractivity contribution in [2.45, 2.75) is 129 Å². The molecule has 0 spiro atoms. The predicted octanol–water partition coefficient (Wildman–Crippen LogP) is 7.15. The van der Waals surface area contributed by atoms with Crippen LogP contribution in [0.1, 0.15) is 121 Å². The lowest BCUT2D eigenvalue weighted by Crippen LogP contribution is -2.64. The number of pyridine rings is 1. The number of unbranched alkanes of at least 4 members (excludes halogenated alkanes) is 4. The highest BCUT2D eigenvalue weighted by molar-refractivity contribution is 6.32. The number of piperazine rings is 1. The Morgan fingerprint density at radius 1 is 0.825 bits per heavy atom. The van der Waals surface area contributed by atoms with E-state index in [4.69, 9.17) is 32.7 Å². The van der Waals surface area contributed by atoms with Crippen molar-refractivity contribution in [1.29, 1.82) is 0 Å². The van der Waals surface area contributed by atoms with Crippen LogP contribution in [0.5, 0.6) is 0 Å². The van der Waals surface area contributed by atoms with E-state index in [-0.39, 0.29) is 41.4 Å². The standard InChI is InChI=1S/C55H75Cl2N15O8/c1-53(2,3)79-51(77)66-55(21-27-70(28-22-55)48-40-19-24-58-47(40)60-37-61-48)50(76)65-41(38-13-15-39(56)16-14-38)20-26-68-30-32-69(33-31-68)45(74)12-10-8-7-9-11-23-59-49(75)43-18-17-42(46(57)64-43)63-44(73)36-71(52(78)80-54(4,5)6)34-35-72-29-25-62-67-72/h13-19,24-25,29,37,41H,7-12,20-23,26-28,30-36H2,1-6H3,(H,59,75)(H,63,73)(H,65,76)(H,66,77)(H,58,60,61)/t41-/m0/s1. The van der Waals surface area contributed by atoms with E-state index >= 15 is 0 Å². The maximum atomic E-state index is 14.7. The van der Waals surface area contributed by atoms with Gasteiger partial charge in [-0.25, -0.2) is 24.5 Å². The third kappa shape index (κ3) is 18.0. The molecule has 0 unspecified atom stereocenters. The Balaban J connectivity index is 0.806. The number of nitrogens with one attached hydrogen (secondary N) is 5. The molecule has 2 aliphatic heterocycles. The summed E-state index contributed by atoms with van der Waals surface area (Å²) >= 11 is 12.7. The average Bonchev–Trinajstić information content (AvgIpc) is 4.17. The van der Waals surface area contributed by atoms with E-state index in [0.717, 1.165) is 54.5 Å². The van der Waals surface area contributed by atoms with Gasteiger partial charge in [0.25, 0.3) is 5.91 Å². The molecule has 0 saturated carbocycles. The lowest BCUT2D eigenvalue weighted by molar-refractivity contribution is -0.133. The summed E-state index contributed by atoms with van der Waals surface area (Å²) in [6.07, 6.45) is 11.0. The van der Waals surface area contributed by atoms with Gasteiger partial charge in [-0.15, -0.1) is 5.10 Å². The molecule has 6 amide bonds. The molecule has 2 aliphatic rings. The van der Waals surface area contributed by atoms with E-state index in [2.05, 4.69) is 61.3 Å². The van der Waals surface area contributed by atoms with Gasteiger partial charge in [0.2, 0.25) is 17.7 Å². The average molecular weight is 1150 g/mol. The number of anilines is 2. The Morgan fingerprint density at radius 3 is 2.23 bits per heavy atom. The van der Waals surface area contributed by atoms with Gasteiger partial charge >= 0.3 is 12.2 Å². The number of benzene rings is 1. The summed E-state index contributed by atoms with van der Waals surface area (Å²) in [4.78, 5) is 104. The number of carbonyl (C=O) groups is 6. The Bertz CT molecular complexity index is 2880. The zero-order valence-corrected chi connectivity index (χ0v) is 48.1. The number of ether oxygens (including phenoxy) is 2. The van der Waals surface area contributed by atoms with E-state index in [1.54, 1.807) is 59.9 Å². The van der Waals surface area contributed by atoms with Crippen molar-refractivity contribution in [3.63, 3.8) is 0 Å². The minimum absolute atomic E-state index is 0.0799. The van der Waals surface area contributed by atoms with Crippen molar-refractivity contribution in [3.8, 4) is 0 Å². The van der Waals surface area contributed by atoms with Crippen LogP contribution in [-0.2, 0) is 30.4 Å². The fraction of sp³-hybridized carbons (Fsp3) is 0.545. The van der Waals surface area contributed by atoms with Gasteiger partial charge in [-0.05, 0) is 110 Å². The van der Waals surface area contributed by atoms with Crippen molar-refractivity contribution < 1.29 is 38.2 Å². The summed E-state index contributed by atoms with van der Waals surface area (Å²) in [7, 11) is 0. The highest BCUT2D eigenvalue weighted by atomic mass is 35.5. The normalized spacial score (nSPS) is 15.2. The molecule has 25 heteroatoms. The highest BCUT2D eigenvalue weighted by Gasteiger charge is 2.45. The summed E-state index contributed by atoms with van der Waals surface area (Å²) in [5.74, 6) is -0.346. The number of fused-ring (bicyclic) bond motifs is 1. The molecule has 7 rings (SSSR count). The molecule has 0 aliphatic carbocycles. The first kappa shape index (κ1) is 60.5. The third-order valence-corrected chi connectivity index (χ3v) is 14.3. The van der Waals surface area contributed by atoms with Gasteiger partial charge in [0, 0.05) is 82.7 Å². The highest BCUT2D eigenvalue weighted by Crippen LogP contribution is 2.32. The number of rotatable bonds is 23. The third-order valence-electron chi connectivity index (χ3n) is 13.7. The van der Waals surface area contributed by atoms with Crippen LogP contribution in [0, 0.1) is 0 Å². The van der Waals surface area contributed by atoms with E-state index in [9.17, 15) is 28.8 Å². The molecule has 0 radical (unpaired) electrons. The van der Waals surface area contributed by atoms with Crippen LogP contribution in [0.3, 0.4) is 0 Å². The van der Waals surface area contributed by atoms with E-state index in [1.807, 2.05) is 29.3 Å². The van der Waals surface area contributed by atoms with Crippen molar-refractivity contribution in [1.82, 2.24) is 65.6 Å². The summed E-state index contributed by atoms with van der Waals surface area (Å²) in [6.45, 7) is 15.3. The van der Waals surface area contributed by atoms with Crippen LogP contribution >= 0.6 is 23.2 Å². The van der Waals surface area contributed by atoms with Gasteiger partial charge in [0.15, 0.2) is 5.15 Å². The van der Waals surface area contributed by atoms with Gasteiger partial charge in [-0.2, -0.15) is 0 Å². The minimum Gasteiger partial charge on any atom is -0.444 e. The molecule has 5 N–H and O–H groups in total. The quantitative estimate of drug-likeness (QED) is 0.0321. The number of aromatic nitrogens is 7. The summed E-state index contributed by atoms with van der Waals surface area (Å²) in [5.41, 5.74) is -0.919. The van der Waals surface area contributed by atoms with Crippen LogP contribution in [0.25, 0.3) is 11.0 Å². The molecule has 2 fully saturated rings. The van der Waals surface area contributed by atoms with Crippen molar-refractivity contribution in [2.75, 3.05) is 75.7 Å². The number of piperidine rings is 1. The van der Waals surface area contributed by atoms with Crippen molar-refractivity contribution in [3.05, 3.63) is 88.8 Å². The smallest absolute Gasteiger partial charge is 0.410 e. The number of H-pyrrole nitrogens is 1. The molecule has 80 heavy (non-hydrogen) atoms. The monoisotopic (exact) mass is 1140 g/mol. The molecule has 1 aromatic carbocycles. The molecule has 6 heterocycles. The first-order valence-corrected chi connectivity index (χ1v) is 28.1. The van der Waals surface area contributed by atoms with Gasteiger partial charge in [-0.1, -0.05) is 59.8 Å². The molecule has 5 aromatic rings. The maximum Gasteiger partial charge on any atom is 0.410 e. The number of carbonyl (C=O) groups excluding carboxylic acids is 6. The summed E-state index contributed by atoms with van der Waals surface area (Å²) in [6, 6.07) is 11.9. The largest absolute Gasteiger partial charge is 0.444 e. The Morgan fingerprint density at radius 2 is 1.54 bits per heavy atom. The van der Waals surface area contributed by atoms with Crippen LogP contribution in [-0.4, -0.2) is 168 Å². The zero-order valence-electron chi connectivity index (χ0n) is 46.6. The lowest BCUT2D eigenvalue weighted by atomic mass is 9.85. The zero-order chi connectivity index (χ0) is 57.5. The SMILES string of the molecule is CC(C)(C)OC(=O)NC1(C(=O)N[C@@H](CCN2CCN(C(=O)CCCCCCCNC(=O)c3ccc(NC(=O)CN(CCn4ccnn4)C(=O)OC(C)(C)C)c(Cl)n3)CC2)c2ccc(Cl)cc2)CCN(c2ncnc3[nH]ccc23)CC1. The molecule has 0 bridgehead atoms. The molecule has 1 atom stereocenters. The van der Waals surface area contributed by atoms with E-state index in [1.165, 1.54) is 34.2 Å². The predicted molar refractivity (Wildman–Crippen MR) is 303 cm³/mol. The van der Waals surface area contributed by atoms with E-state index < -0.39 is 46.8 Å². The number of aromatic amines is 1. The second kappa shape index (κ2) is 27.9. The van der Waals surface area contributed by atoms with Gasteiger partial charge in [-0.3, -0.25) is 33.7 Å². The van der Waals surface area contributed by atoms with Gasteiger partial charge in [0.1, 0.15) is 46.8 Å². The summed E-state index contributed by atoms with van der Waals surface area (Å²) in [5, 5.41) is 20.9. The van der Waals surface area contributed by atoms with Gasteiger partial charge < -0.3 is 45.5 Å². The molecule has 432 valence electrons. The maximum absolute atomic E-state index is 14.7. The molecule has 23 nitrogen and oxygen atoms in total. The number of alkyl carbamates (subject to hydrolysis) is 1. The van der Waals surface area contributed by atoms with Crippen LogP contribution in [0.4, 0.5) is 21.1 Å². The Kier molecular flexibility index (Phi) is 21.1. The topological polar surface area (TPSA) is 267 Å². The number of hydrogen-bond acceptors (Lipinski definition) is 15. The Labute approximate surface area is 476 Å². The number of nitrogens with zero attached hydrogens (tertiary/aromatic N) is 10. The van der Waals surface area contributed by atoms with Crippen molar-refractivity contribution in [2.24, 2.45) is 0 Å². The molecular weight excluding hydrogens is 1070 g/mol. The van der Waals surface area contributed by atoms with Crippen LogP contribution in [0.2, 0.25) is 10.2 Å². The lowest BCUT2D eigenvalue weighted by Gasteiger charge is -2.42. The number of hydrogen-bond donors (Lipinski definition) is 5. The first-order chi connectivity index (χ1) is 38.1. The molecular formula is C55H75Cl2N15O8. The number of amides is 6. The van der Waals surface area contributed by atoms with E-state index in [0.29, 0.717) is 89.6 Å². The second-order valence-electron chi connectivity index (χ2n) is 22.1. The van der Waals surface area contributed by atoms with Crippen LogP contribution in [0.15, 0.2) is 67.4 Å². The van der Waals surface area contributed by atoms with Gasteiger partial charge in [0.05, 0.1) is 29.9 Å². The molecule has 4 aromatic heterocycles. The number of halogens is 2. The second-order valence-corrected chi connectivity index (χ2v) is 22.9. The van der Waals surface area contributed by atoms with Crippen LogP contribution < -0.4 is 26.2 Å². The minimum atomic E-state index is -1.26. The first-order valence-electron chi connectivity index (χ1n) is 27.3. The summed E-state index contributed by atoms with van der Waals surface area (Å²) < 4.78 is 12.7. The fourth-order valence-corrected chi connectivity index (χ4v) is 9.83. The van der Waals surface area contributed by atoms with Crippen molar-refractivity contribution >= 4 is 81.6 Å².